The minimum Gasteiger partial charge on any atom is -0.384 e. The van der Waals surface area contributed by atoms with E-state index in [1.807, 2.05) is 27.7 Å². The molecule has 3 aromatic rings. The van der Waals surface area contributed by atoms with Crippen molar-refractivity contribution in [1.82, 2.24) is 14.5 Å². The van der Waals surface area contributed by atoms with Crippen LogP contribution >= 0.6 is 0 Å². The number of hydrogen-bond donors (Lipinski definition) is 2. The van der Waals surface area contributed by atoms with Crippen LogP contribution in [0.4, 0.5) is 19.0 Å². The Hall–Kier alpha value is -2.94. The van der Waals surface area contributed by atoms with Gasteiger partial charge >= 0.3 is 6.18 Å². The lowest BCUT2D eigenvalue weighted by atomic mass is 9.90. The summed E-state index contributed by atoms with van der Waals surface area (Å²) in [6.45, 7) is 9.31. The number of aromatic nitrogens is 3. The van der Waals surface area contributed by atoms with E-state index < -0.39 is 17.3 Å². The second-order valence-electron chi connectivity index (χ2n) is 7.95. The number of fused-ring (bicyclic) bond motifs is 1. The molecule has 2 heterocycles. The van der Waals surface area contributed by atoms with E-state index in [0.717, 1.165) is 12.5 Å². The monoisotopic (exact) mass is 478 g/mol. The van der Waals surface area contributed by atoms with Crippen molar-refractivity contribution in [2.75, 3.05) is 5.32 Å². The second-order valence-corrected chi connectivity index (χ2v) is 7.95. The zero-order valence-corrected chi connectivity index (χ0v) is 20.5. The summed E-state index contributed by atoms with van der Waals surface area (Å²) in [6.07, 6.45) is -1.58. The molecule has 0 spiro atoms. The Morgan fingerprint density at radius 3 is 2.41 bits per heavy atom. The van der Waals surface area contributed by atoms with Gasteiger partial charge in [-0.25, -0.2) is 9.97 Å². The highest BCUT2D eigenvalue weighted by atomic mass is 19.4. The van der Waals surface area contributed by atoms with Crippen molar-refractivity contribution in [2.24, 2.45) is 7.05 Å². The number of nitrogens with one attached hydrogen (secondary N) is 1. The van der Waals surface area contributed by atoms with Crippen molar-refractivity contribution in [2.45, 2.75) is 72.2 Å². The highest BCUT2D eigenvalue weighted by Crippen LogP contribution is 2.34. The van der Waals surface area contributed by atoms with Crippen LogP contribution in [0.5, 0.6) is 0 Å². The molecule has 6 nitrogen and oxygen atoms in total. The summed E-state index contributed by atoms with van der Waals surface area (Å²) in [7, 11) is 1.59. The van der Waals surface area contributed by atoms with Crippen molar-refractivity contribution >= 4 is 16.7 Å². The number of pyridine rings is 1. The van der Waals surface area contributed by atoms with Gasteiger partial charge < -0.3 is 15.0 Å². The molecule has 0 fully saturated rings. The van der Waals surface area contributed by atoms with E-state index in [1.165, 1.54) is 23.9 Å². The summed E-state index contributed by atoms with van der Waals surface area (Å²) in [4.78, 5) is 21.3. The Bertz CT molecular complexity index is 1190. The third-order valence-electron chi connectivity index (χ3n) is 5.96. The van der Waals surface area contributed by atoms with Crippen molar-refractivity contribution in [3.05, 3.63) is 63.3 Å². The number of anilines is 1. The van der Waals surface area contributed by atoms with Crippen LogP contribution in [-0.4, -0.2) is 19.6 Å². The fraction of sp³-hybridized carbons (Fsp3) is 0.480. The minimum atomic E-state index is -4.44. The van der Waals surface area contributed by atoms with Gasteiger partial charge in [0.15, 0.2) is 0 Å². The Morgan fingerprint density at radius 1 is 1.15 bits per heavy atom. The minimum absolute atomic E-state index is 0.0828. The molecule has 1 aromatic carbocycles. The van der Waals surface area contributed by atoms with Crippen LogP contribution in [0.1, 0.15) is 69.3 Å². The number of hydrogen-bond acceptors (Lipinski definition) is 5. The molecule has 1 unspecified atom stereocenters. The molecule has 0 aliphatic carbocycles. The number of nitrogens with zero attached hydrogens (tertiary/aromatic N) is 3. The number of rotatable bonds is 7. The summed E-state index contributed by atoms with van der Waals surface area (Å²) in [5.74, 6) is 0.320. The highest BCUT2D eigenvalue weighted by Gasteiger charge is 2.33. The van der Waals surface area contributed by atoms with E-state index in [-0.39, 0.29) is 23.2 Å². The van der Waals surface area contributed by atoms with Gasteiger partial charge in [0.2, 0.25) is 0 Å². The van der Waals surface area contributed by atoms with Crippen LogP contribution in [0.2, 0.25) is 0 Å². The molecule has 186 valence electrons. The number of benzene rings is 1. The fourth-order valence-corrected chi connectivity index (χ4v) is 4.05. The van der Waals surface area contributed by atoms with Crippen LogP contribution in [-0.2, 0) is 25.4 Å². The molecule has 0 aliphatic heterocycles. The molecule has 34 heavy (non-hydrogen) atoms. The van der Waals surface area contributed by atoms with Crippen LogP contribution < -0.4 is 10.9 Å². The lowest BCUT2D eigenvalue weighted by Gasteiger charge is -2.29. The van der Waals surface area contributed by atoms with Crippen LogP contribution in [0.25, 0.3) is 10.9 Å². The van der Waals surface area contributed by atoms with Gasteiger partial charge in [0, 0.05) is 13.6 Å². The topological polar surface area (TPSA) is 80.0 Å². The van der Waals surface area contributed by atoms with Crippen LogP contribution in [0, 0.1) is 6.92 Å². The van der Waals surface area contributed by atoms with Gasteiger partial charge in [0.25, 0.3) is 5.56 Å². The first-order valence-electron chi connectivity index (χ1n) is 11.5. The van der Waals surface area contributed by atoms with E-state index in [2.05, 4.69) is 15.3 Å². The largest absolute Gasteiger partial charge is 0.416 e. The fourth-order valence-electron chi connectivity index (χ4n) is 4.05. The molecule has 0 saturated heterocycles. The predicted molar refractivity (Wildman–Crippen MR) is 129 cm³/mol. The average Bonchev–Trinajstić information content (AvgIpc) is 2.81. The van der Waals surface area contributed by atoms with Crippen molar-refractivity contribution < 1.29 is 18.3 Å². The van der Waals surface area contributed by atoms with Crippen molar-refractivity contribution in [1.29, 1.82) is 0 Å². The molecular weight excluding hydrogens is 445 g/mol. The quantitative estimate of drug-likeness (QED) is 0.456. The van der Waals surface area contributed by atoms with E-state index >= 15 is 0 Å². The SMILES string of the molecule is CC.CCCC(O)(CC)c1cc2c(NCc3cccc(C(F)(F)F)c3C)ncnc2c(=O)n1C. The summed E-state index contributed by atoms with van der Waals surface area (Å²) in [5.41, 5.74) is -1.04. The standard InChI is InChI=1S/C23H27F3N4O2.C2H6/c1-5-10-22(32,6-2)18-11-16-19(21(31)30(18)4)28-13-29-20(16)27-12-15-8-7-9-17(14(15)3)23(24,25)26;1-2/h7-9,11,13,32H,5-6,10,12H2,1-4H3,(H,27,28,29);1-2H3. The summed E-state index contributed by atoms with van der Waals surface area (Å²) < 4.78 is 41.1. The van der Waals surface area contributed by atoms with E-state index in [4.69, 9.17) is 0 Å². The first-order chi connectivity index (χ1) is 16.0. The van der Waals surface area contributed by atoms with Gasteiger partial charge in [-0.1, -0.05) is 46.2 Å². The number of halogens is 3. The molecule has 1 atom stereocenters. The van der Waals surface area contributed by atoms with Gasteiger partial charge in [-0.3, -0.25) is 4.79 Å². The first kappa shape index (κ1) is 27.3. The Labute approximate surface area is 197 Å². The normalized spacial score (nSPS) is 13.2. The Morgan fingerprint density at radius 2 is 1.82 bits per heavy atom. The summed E-state index contributed by atoms with van der Waals surface area (Å²) in [6, 6.07) is 5.72. The van der Waals surface area contributed by atoms with Crippen molar-refractivity contribution in [3.8, 4) is 0 Å². The molecule has 2 aromatic heterocycles. The van der Waals surface area contributed by atoms with Gasteiger partial charge in [-0.05, 0) is 43.0 Å². The average molecular weight is 479 g/mol. The predicted octanol–water partition coefficient (Wildman–Crippen LogP) is 5.69. The Balaban J connectivity index is 0.00000199. The molecule has 3 rings (SSSR count). The van der Waals surface area contributed by atoms with Crippen molar-refractivity contribution in [3.63, 3.8) is 0 Å². The zero-order chi connectivity index (χ0) is 25.7. The maximum Gasteiger partial charge on any atom is 0.416 e. The second kappa shape index (κ2) is 11.0. The molecule has 0 bridgehead atoms. The van der Waals surface area contributed by atoms with Gasteiger partial charge in [0.05, 0.1) is 16.6 Å². The third-order valence-corrected chi connectivity index (χ3v) is 5.96. The molecule has 0 radical (unpaired) electrons. The number of alkyl halides is 3. The number of aliphatic hydroxyl groups is 1. The smallest absolute Gasteiger partial charge is 0.384 e. The summed E-state index contributed by atoms with van der Waals surface area (Å²) in [5, 5.41) is 14.6. The first-order valence-corrected chi connectivity index (χ1v) is 11.5. The Kier molecular flexibility index (Phi) is 8.83. The lowest BCUT2D eigenvalue weighted by Crippen LogP contribution is -2.33. The van der Waals surface area contributed by atoms with Crippen LogP contribution in [0.15, 0.2) is 35.4 Å². The van der Waals surface area contributed by atoms with E-state index in [1.54, 1.807) is 19.2 Å². The molecule has 2 N–H and O–H groups in total. The summed E-state index contributed by atoms with van der Waals surface area (Å²) >= 11 is 0. The highest BCUT2D eigenvalue weighted by molar-refractivity contribution is 5.88. The maximum absolute atomic E-state index is 13.2. The van der Waals surface area contributed by atoms with Gasteiger partial charge in [-0.15, -0.1) is 0 Å². The van der Waals surface area contributed by atoms with E-state index in [0.29, 0.717) is 35.3 Å². The van der Waals surface area contributed by atoms with Crippen LogP contribution in [0.3, 0.4) is 0 Å². The third kappa shape index (κ3) is 5.41. The lowest BCUT2D eigenvalue weighted by molar-refractivity contribution is -0.138. The van der Waals surface area contributed by atoms with E-state index in [9.17, 15) is 23.1 Å². The molecule has 0 amide bonds. The molecule has 9 heteroatoms. The maximum atomic E-state index is 13.2. The molecule has 0 aliphatic rings. The van der Waals surface area contributed by atoms with Gasteiger partial charge in [0.1, 0.15) is 23.3 Å². The zero-order valence-electron chi connectivity index (χ0n) is 20.5. The molecule has 0 saturated carbocycles. The van der Waals surface area contributed by atoms with Gasteiger partial charge in [-0.2, -0.15) is 13.2 Å². The molecular formula is C25H33F3N4O2.